The first-order valence-electron chi connectivity index (χ1n) is 9.31. The fraction of sp³-hybridized carbons (Fsp3) is 0.167. The van der Waals surface area contributed by atoms with Gasteiger partial charge in [-0.2, -0.15) is 0 Å². The predicted molar refractivity (Wildman–Crippen MR) is 110 cm³/mol. The van der Waals surface area contributed by atoms with E-state index in [1.54, 1.807) is 6.92 Å². The third-order valence-electron chi connectivity index (χ3n) is 4.92. The summed E-state index contributed by atoms with van der Waals surface area (Å²) < 4.78 is 0. The van der Waals surface area contributed by atoms with Crippen LogP contribution in [-0.4, -0.2) is 11.8 Å². The SMILES string of the molecule is C[C@H](CC(=O)NC(c1ccccc1)(c1ccccc1)c1ccccc1)C(N)=O. The number of nitrogens with one attached hydrogen (secondary N) is 1. The number of nitrogens with two attached hydrogens (primary N) is 1. The average molecular weight is 372 g/mol. The van der Waals surface area contributed by atoms with E-state index in [0.29, 0.717) is 0 Å². The van der Waals surface area contributed by atoms with Crippen LogP contribution in [0.1, 0.15) is 30.0 Å². The summed E-state index contributed by atoms with van der Waals surface area (Å²) in [4.78, 5) is 24.4. The molecule has 2 amide bonds. The normalized spacial score (nSPS) is 12.2. The third kappa shape index (κ3) is 3.96. The molecule has 0 saturated carbocycles. The Balaban J connectivity index is 2.17. The van der Waals surface area contributed by atoms with Crippen LogP contribution in [0.2, 0.25) is 0 Å². The molecule has 0 fully saturated rings. The van der Waals surface area contributed by atoms with Crippen LogP contribution in [0.4, 0.5) is 0 Å². The Hall–Kier alpha value is -3.40. The molecule has 0 radical (unpaired) electrons. The average Bonchev–Trinajstić information content (AvgIpc) is 2.74. The monoisotopic (exact) mass is 372 g/mol. The maximum atomic E-state index is 13.0. The smallest absolute Gasteiger partial charge is 0.222 e. The minimum atomic E-state index is -0.877. The number of rotatable bonds is 7. The van der Waals surface area contributed by atoms with Crippen molar-refractivity contribution in [3.63, 3.8) is 0 Å². The summed E-state index contributed by atoms with van der Waals surface area (Å²) >= 11 is 0. The van der Waals surface area contributed by atoms with Crippen LogP contribution in [0, 0.1) is 5.92 Å². The lowest BCUT2D eigenvalue weighted by Gasteiger charge is -2.37. The lowest BCUT2D eigenvalue weighted by atomic mass is 9.76. The van der Waals surface area contributed by atoms with Crippen LogP contribution in [0.25, 0.3) is 0 Å². The molecule has 28 heavy (non-hydrogen) atoms. The molecule has 0 heterocycles. The molecule has 0 bridgehead atoms. The Morgan fingerprint density at radius 1 is 0.786 bits per heavy atom. The zero-order valence-corrected chi connectivity index (χ0v) is 15.8. The fourth-order valence-electron chi connectivity index (χ4n) is 3.42. The molecule has 1 atom stereocenters. The van der Waals surface area contributed by atoms with Crippen LogP contribution >= 0.6 is 0 Å². The Morgan fingerprint density at radius 3 is 1.46 bits per heavy atom. The van der Waals surface area contributed by atoms with Gasteiger partial charge in [0, 0.05) is 12.3 Å². The molecule has 3 aromatic rings. The van der Waals surface area contributed by atoms with Crippen molar-refractivity contribution in [2.45, 2.75) is 18.9 Å². The highest BCUT2D eigenvalue weighted by atomic mass is 16.2. The second-order valence-electron chi connectivity index (χ2n) is 6.90. The number of carbonyl (C=O) groups is 2. The number of benzene rings is 3. The lowest BCUT2D eigenvalue weighted by Crippen LogP contribution is -2.48. The molecule has 0 saturated heterocycles. The first-order valence-corrected chi connectivity index (χ1v) is 9.31. The number of amides is 2. The van der Waals surface area contributed by atoms with E-state index in [-0.39, 0.29) is 12.3 Å². The second-order valence-corrected chi connectivity index (χ2v) is 6.90. The summed E-state index contributed by atoms with van der Waals surface area (Å²) in [6, 6.07) is 29.5. The number of hydrogen-bond acceptors (Lipinski definition) is 2. The van der Waals surface area contributed by atoms with Gasteiger partial charge in [-0.25, -0.2) is 0 Å². The van der Waals surface area contributed by atoms with E-state index in [0.717, 1.165) is 16.7 Å². The Bertz CT molecular complexity index is 828. The van der Waals surface area contributed by atoms with Crippen LogP contribution in [0.5, 0.6) is 0 Å². The van der Waals surface area contributed by atoms with Gasteiger partial charge in [-0.3, -0.25) is 9.59 Å². The van der Waals surface area contributed by atoms with Crippen LogP contribution in [0.3, 0.4) is 0 Å². The van der Waals surface area contributed by atoms with Gasteiger partial charge in [-0.05, 0) is 16.7 Å². The van der Waals surface area contributed by atoms with Gasteiger partial charge in [0.15, 0.2) is 0 Å². The minimum absolute atomic E-state index is 0.0313. The quantitative estimate of drug-likeness (QED) is 0.622. The fourth-order valence-corrected chi connectivity index (χ4v) is 3.42. The maximum absolute atomic E-state index is 13.0. The molecule has 0 aromatic heterocycles. The van der Waals surface area contributed by atoms with Crippen LogP contribution in [0.15, 0.2) is 91.0 Å². The zero-order chi connectivity index (χ0) is 20.0. The second kappa shape index (κ2) is 8.53. The maximum Gasteiger partial charge on any atom is 0.222 e. The predicted octanol–water partition coefficient (Wildman–Crippen LogP) is 3.61. The van der Waals surface area contributed by atoms with Crippen molar-refractivity contribution in [2.75, 3.05) is 0 Å². The molecule has 4 nitrogen and oxygen atoms in total. The molecule has 4 heteroatoms. The Morgan fingerprint density at radius 2 is 1.14 bits per heavy atom. The summed E-state index contributed by atoms with van der Waals surface area (Å²) in [7, 11) is 0. The van der Waals surface area contributed by atoms with Gasteiger partial charge < -0.3 is 11.1 Å². The molecule has 142 valence electrons. The lowest BCUT2D eigenvalue weighted by molar-refractivity contribution is -0.128. The highest BCUT2D eigenvalue weighted by Gasteiger charge is 2.38. The molecule has 0 aliphatic carbocycles. The van der Waals surface area contributed by atoms with Crippen molar-refractivity contribution in [3.8, 4) is 0 Å². The van der Waals surface area contributed by atoms with Crippen molar-refractivity contribution in [1.82, 2.24) is 5.32 Å². The van der Waals surface area contributed by atoms with Gasteiger partial charge in [0.25, 0.3) is 0 Å². The highest BCUT2D eigenvalue weighted by Crippen LogP contribution is 2.36. The highest BCUT2D eigenvalue weighted by molar-refractivity contribution is 5.85. The molecule has 0 unspecified atom stereocenters. The summed E-state index contributed by atoms with van der Waals surface area (Å²) in [5.41, 5.74) is 7.30. The molecular formula is C24H24N2O2. The summed E-state index contributed by atoms with van der Waals surface area (Å²) in [6.07, 6.45) is 0.0313. The molecule has 3 N–H and O–H groups in total. The summed E-state index contributed by atoms with van der Waals surface area (Å²) in [5.74, 6) is -1.26. The van der Waals surface area contributed by atoms with Crippen molar-refractivity contribution in [3.05, 3.63) is 108 Å². The van der Waals surface area contributed by atoms with Gasteiger partial charge in [-0.1, -0.05) is 97.9 Å². The standard InChI is InChI=1S/C24H24N2O2/c1-18(23(25)28)17-22(27)26-24(19-11-5-2-6-12-19,20-13-7-3-8-14-20)21-15-9-4-10-16-21/h2-16,18H,17H2,1H3,(H2,25,28)(H,26,27)/t18-/m1/s1. The van der Waals surface area contributed by atoms with Crippen molar-refractivity contribution >= 4 is 11.8 Å². The summed E-state index contributed by atoms with van der Waals surface area (Å²) in [5, 5.41) is 3.22. The van der Waals surface area contributed by atoms with E-state index < -0.39 is 17.4 Å². The largest absolute Gasteiger partial charge is 0.369 e. The van der Waals surface area contributed by atoms with E-state index in [9.17, 15) is 9.59 Å². The summed E-state index contributed by atoms with van der Waals surface area (Å²) in [6.45, 7) is 1.66. The van der Waals surface area contributed by atoms with E-state index in [2.05, 4.69) is 5.32 Å². The van der Waals surface area contributed by atoms with Gasteiger partial charge in [0.2, 0.25) is 11.8 Å². The molecule has 0 aliphatic heterocycles. The molecule has 3 rings (SSSR count). The van der Waals surface area contributed by atoms with Gasteiger partial charge in [-0.15, -0.1) is 0 Å². The van der Waals surface area contributed by atoms with Crippen molar-refractivity contribution in [1.29, 1.82) is 0 Å². The first kappa shape index (κ1) is 19.4. The molecule has 0 spiro atoms. The zero-order valence-electron chi connectivity index (χ0n) is 15.8. The van der Waals surface area contributed by atoms with Gasteiger partial charge in [0.05, 0.1) is 0 Å². The van der Waals surface area contributed by atoms with Gasteiger partial charge in [0.1, 0.15) is 5.54 Å². The van der Waals surface area contributed by atoms with E-state index in [4.69, 9.17) is 5.73 Å². The van der Waals surface area contributed by atoms with E-state index >= 15 is 0 Å². The number of hydrogen-bond donors (Lipinski definition) is 2. The molecular weight excluding hydrogens is 348 g/mol. The van der Waals surface area contributed by atoms with Crippen molar-refractivity contribution < 1.29 is 9.59 Å². The van der Waals surface area contributed by atoms with Gasteiger partial charge >= 0.3 is 0 Å². The molecule has 0 aliphatic rings. The Labute approximate surface area is 165 Å². The first-order chi connectivity index (χ1) is 13.5. The van der Waals surface area contributed by atoms with E-state index in [1.165, 1.54) is 0 Å². The van der Waals surface area contributed by atoms with Crippen molar-refractivity contribution in [2.24, 2.45) is 11.7 Å². The third-order valence-corrected chi connectivity index (χ3v) is 4.92. The number of primary amides is 1. The van der Waals surface area contributed by atoms with E-state index in [1.807, 2.05) is 91.0 Å². The van der Waals surface area contributed by atoms with Crippen LogP contribution in [-0.2, 0) is 15.1 Å². The minimum Gasteiger partial charge on any atom is -0.369 e. The Kier molecular flexibility index (Phi) is 5.90. The van der Waals surface area contributed by atoms with Crippen LogP contribution < -0.4 is 11.1 Å². The topological polar surface area (TPSA) is 72.2 Å². The molecule has 3 aromatic carbocycles. The number of carbonyl (C=O) groups excluding carboxylic acids is 2.